The molecule has 4 nitrogen and oxygen atoms in total. The van der Waals surface area contributed by atoms with Crippen molar-refractivity contribution >= 4 is 54.5 Å². The summed E-state index contributed by atoms with van der Waals surface area (Å²) in [6.45, 7) is 6.25. The van der Waals surface area contributed by atoms with Crippen LogP contribution in [0.1, 0.15) is 109 Å². The van der Waals surface area contributed by atoms with Crippen LogP contribution in [0, 0.1) is 32.7 Å². The molecule has 0 aliphatic heterocycles. The predicted octanol–water partition coefficient (Wildman–Crippen LogP) is 17.4. The molecule has 8 aromatic carbocycles. The summed E-state index contributed by atoms with van der Waals surface area (Å²) in [7, 11) is 0. The Morgan fingerprint density at radius 1 is 0.662 bits per heavy atom. The van der Waals surface area contributed by atoms with Gasteiger partial charge in [-0.1, -0.05) is 151 Å². The molecule has 0 atom stereocenters. The van der Waals surface area contributed by atoms with Gasteiger partial charge in [-0.05, 0) is 127 Å². The van der Waals surface area contributed by atoms with Crippen LogP contribution in [0.15, 0.2) is 156 Å². The van der Waals surface area contributed by atoms with Crippen LogP contribution in [0.5, 0.6) is 0 Å². The van der Waals surface area contributed by atoms with E-state index in [0.29, 0.717) is 67.2 Å². The van der Waals surface area contributed by atoms with Gasteiger partial charge in [0.2, 0.25) is 0 Å². The van der Waals surface area contributed by atoms with Gasteiger partial charge in [-0.15, -0.1) is 53.6 Å². The molecule has 3 heterocycles. The molecule has 1 radical (unpaired) electrons. The molecule has 11 rings (SSSR count). The summed E-state index contributed by atoms with van der Waals surface area (Å²) in [4.78, 5) is 9.43. The predicted molar refractivity (Wildman–Crippen MR) is 283 cm³/mol. The van der Waals surface area contributed by atoms with E-state index in [1.807, 2.05) is 126 Å². The third-order valence-corrected chi connectivity index (χ3v) is 12.5. The second kappa shape index (κ2) is 18.4. The third kappa shape index (κ3) is 8.48. The molecule has 0 fully saturated rings. The van der Waals surface area contributed by atoms with E-state index in [2.05, 4.69) is 53.5 Å². The van der Waals surface area contributed by atoms with Crippen molar-refractivity contribution in [1.29, 1.82) is 0 Å². The van der Waals surface area contributed by atoms with Crippen molar-refractivity contribution < 1.29 is 39.6 Å². The standard InChI is InChI=1S/C46H37N2O.C17H20N.Ir/c1-27(2)37-24-33(30-14-7-6-8-15-30)25-38(28(3)4)44(37)48-43-29(5)13-11-20-41(43)47-46(48)36-19-12-18-35-40-23-32-22-21-31-16-9-10-17-34(31)39(32)26-42(40)49-45(35)36;1-12-6-8-14(9-7-12)16-10-15(17(3,4)5)13(2)11-18-16;/h6-18,20-28H,1-5H3;6-8,10-11H,1-5H3;/q2*-1;/i5D3,27D,28D;1D3,2D3;. The van der Waals surface area contributed by atoms with E-state index in [0.717, 1.165) is 43.4 Å². The van der Waals surface area contributed by atoms with Gasteiger partial charge in [0, 0.05) is 52.5 Å². The topological polar surface area (TPSA) is 43.9 Å². The number of para-hydroxylation sites is 1. The molecule has 341 valence electrons. The van der Waals surface area contributed by atoms with Crippen LogP contribution in [0.2, 0.25) is 0 Å². The van der Waals surface area contributed by atoms with Crippen LogP contribution in [-0.4, -0.2) is 14.5 Å². The van der Waals surface area contributed by atoms with E-state index in [9.17, 15) is 2.74 Å². The van der Waals surface area contributed by atoms with Gasteiger partial charge < -0.3 is 14.0 Å². The Kier molecular flexibility index (Phi) is 9.39. The molecule has 0 aliphatic rings. The fourth-order valence-corrected chi connectivity index (χ4v) is 9.16. The normalized spacial score (nSPS) is 15.1. The first-order valence-corrected chi connectivity index (χ1v) is 22.5. The molecule has 0 unspecified atom stereocenters. The summed E-state index contributed by atoms with van der Waals surface area (Å²) in [5.74, 6) is -1.91. The second-order valence-electron chi connectivity index (χ2n) is 18.6. The molecule has 0 bridgehead atoms. The summed E-state index contributed by atoms with van der Waals surface area (Å²) in [6.07, 6.45) is 1.38. The van der Waals surface area contributed by atoms with Crippen LogP contribution >= 0.6 is 0 Å². The fourth-order valence-electron chi connectivity index (χ4n) is 9.16. The summed E-state index contributed by atoms with van der Waals surface area (Å²) in [6, 6.07) is 52.5. The van der Waals surface area contributed by atoms with Crippen LogP contribution in [0.3, 0.4) is 0 Å². The Labute approximate surface area is 429 Å². The second-order valence-corrected chi connectivity index (χ2v) is 18.6. The van der Waals surface area contributed by atoms with E-state index in [1.54, 1.807) is 24.3 Å². The number of fused-ring (bicyclic) bond motifs is 7. The Balaban J connectivity index is 0.000000255. The fraction of sp³-hybridized carbons (Fsp3) is 0.206. The Morgan fingerprint density at radius 2 is 1.41 bits per heavy atom. The van der Waals surface area contributed by atoms with Gasteiger partial charge in [-0.25, -0.2) is 0 Å². The SMILES string of the molecule is [2H]C([2H])([2H])c1c[c-]c(-c2cc(C(C)(C)C)c(C([2H])([2H])[2H])cn2)cc1.[2H]C([2H])([2H])c1cccc2nc(-c3[c-]ccc4c3oc3cc5c(ccc6ccccc65)cc34)n(-c3c(C([2H])(C)C)cc(-c4ccccc4)cc3C([2H])(C)C)c12.[Ir]. The largest absolute Gasteiger partial charge is 0.501 e. The third-order valence-electron chi connectivity index (χ3n) is 12.5. The van der Waals surface area contributed by atoms with Gasteiger partial charge in [-0.3, -0.25) is 4.98 Å². The average Bonchev–Trinajstić information content (AvgIpc) is 4.05. The van der Waals surface area contributed by atoms with Crippen LogP contribution in [-0.2, 0) is 25.5 Å². The summed E-state index contributed by atoms with van der Waals surface area (Å²) < 4.78 is 98.9. The van der Waals surface area contributed by atoms with Crippen molar-refractivity contribution in [3.8, 4) is 39.5 Å². The van der Waals surface area contributed by atoms with Crippen molar-refractivity contribution in [2.75, 3.05) is 0 Å². The Morgan fingerprint density at radius 3 is 2.12 bits per heavy atom. The van der Waals surface area contributed by atoms with Crippen LogP contribution in [0.4, 0.5) is 0 Å². The van der Waals surface area contributed by atoms with Crippen molar-refractivity contribution in [3.05, 3.63) is 197 Å². The number of nitrogens with zero attached hydrogens (tertiary/aromatic N) is 3. The molecule has 0 saturated carbocycles. The zero-order chi connectivity index (χ0) is 56.1. The first-order chi connectivity index (χ1) is 36.5. The quantitative estimate of drug-likeness (QED) is 0.123. The number of rotatable bonds is 6. The zero-order valence-corrected chi connectivity index (χ0v) is 41.4. The Bertz CT molecular complexity index is 4060. The maximum atomic E-state index is 9.54. The number of hydrogen-bond acceptors (Lipinski definition) is 3. The van der Waals surface area contributed by atoms with Gasteiger partial charge in [0.15, 0.2) is 0 Å². The van der Waals surface area contributed by atoms with Gasteiger partial charge in [0.1, 0.15) is 5.58 Å². The van der Waals surface area contributed by atoms with Crippen molar-refractivity contribution in [2.45, 2.75) is 86.2 Å². The minimum absolute atomic E-state index is 0. The molecule has 0 spiro atoms. The first-order valence-electron chi connectivity index (χ1n) is 28.0. The van der Waals surface area contributed by atoms with Gasteiger partial charge in [0.25, 0.3) is 0 Å². The molecule has 0 N–H and O–H groups in total. The smallest absolute Gasteiger partial charge is 0.121 e. The van der Waals surface area contributed by atoms with E-state index in [4.69, 9.17) is 21.7 Å². The number of aromatic nitrogens is 3. The van der Waals surface area contributed by atoms with Crippen LogP contribution in [0.25, 0.3) is 94.0 Å². The molecule has 5 heteroatoms. The minimum Gasteiger partial charge on any atom is -0.501 e. The molecular weight excluding hydrogens is 1010 g/mol. The number of furan rings is 1. The number of aryl methyl sites for hydroxylation is 3. The van der Waals surface area contributed by atoms with E-state index in [-0.39, 0.29) is 42.2 Å². The van der Waals surface area contributed by atoms with Gasteiger partial charge in [-0.2, -0.15) is 0 Å². The number of benzene rings is 8. The minimum atomic E-state index is -2.48. The molecule has 11 aromatic rings. The monoisotopic (exact) mass is 1080 g/mol. The summed E-state index contributed by atoms with van der Waals surface area (Å²) in [5.41, 5.74) is 8.48. The average molecular weight is 1080 g/mol. The van der Waals surface area contributed by atoms with E-state index < -0.39 is 32.3 Å². The van der Waals surface area contributed by atoms with Gasteiger partial charge in [0.05, 0.1) is 22.4 Å². The maximum Gasteiger partial charge on any atom is 0.121 e. The first kappa shape index (κ1) is 34.6. The summed E-state index contributed by atoms with van der Waals surface area (Å²) in [5, 5.41) is 6.29. The molecule has 0 saturated heterocycles. The van der Waals surface area contributed by atoms with Crippen molar-refractivity contribution in [3.63, 3.8) is 0 Å². The van der Waals surface area contributed by atoms with Crippen molar-refractivity contribution in [2.24, 2.45) is 0 Å². The van der Waals surface area contributed by atoms with Gasteiger partial charge >= 0.3 is 0 Å². The van der Waals surface area contributed by atoms with Crippen LogP contribution < -0.4 is 0 Å². The summed E-state index contributed by atoms with van der Waals surface area (Å²) >= 11 is 0. The Hall–Kier alpha value is -6.65. The molecule has 0 aliphatic carbocycles. The van der Waals surface area contributed by atoms with E-state index in [1.165, 1.54) is 18.3 Å². The number of hydrogen-bond donors (Lipinski definition) is 0. The molecule has 3 aromatic heterocycles. The van der Waals surface area contributed by atoms with Crippen molar-refractivity contribution in [1.82, 2.24) is 14.5 Å². The maximum absolute atomic E-state index is 9.54. The molecular formula is C63H57IrN3O-2. The molecule has 0 amide bonds. The molecule has 68 heavy (non-hydrogen) atoms. The number of imidazole rings is 1. The zero-order valence-electron chi connectivity index (χ0n) is 50.0. The van der Waals surface area contributed by atoms with E-state index >= 15 is 0 Å². The number of pyridine rings is 1.